The quantitative estimate of drug-likeness (QED) is 0.764. The van der Waals surface area contributed by atoms with E-state index in [4.69, 9.17) is 10.2 Å². The average Bonchev–Trinajstić information content (AvgIpc) is 2.04. The number of aromatic nitrogens is 1. The fourth-order valence-corrected chi connectivity index (χ4v) is 0.679. The molecule has 1 aromatic heterocycles. The molecule has 2 N–H and O–H groups in total. The second kappa shape index (κ2) is 8.61. The molecule has 1 radical (unpaired) electrons. The molecular formula is C10H15AgNO3. The zero-order valence-electron chi connectivity index (χ0n) is 8.86. The molecule has 0 aliphatic rings. The molecule has 1 aromatic rings. The van der Waals surface area contributed by atoms with Crippen LogP contribution in [0.2, 0.25) is 0 Å². The van der Waals surface area contributed by atoms with Crippen LogP contribution in [0.5, 0.6) is 0 Å². The molecule has 0 fully saturated rings. The van der Waals surface area contributed by atoms with Crippen molar-refractivity contribution < 1.29 is 37.4 Å². The van der Waals surface area contributed by atoms with Gasteiger partial charge in [-0.2, -0.15) is 0 Å². The van der Waals surface area contributed by atoms with Gasteiger partial charge in [0.05, 0.1) is 0 Å². The van der Waals surface area contributed by atoms with E-state index in [0.29, 0.717) is 0 Å². The molecule has 0 saturated heterocycles. The van der Waals surface area contributed by atoms with Gasteiger partial charge in [-0.05, 0) is 32.9 Å². The van der Waals surface area contributed by atoms with Gasteiger partial charge in [0, 0.05) is 33.8 Å². The van der Waals surface area contributed by atoms with Crippen LogP contribution in [-0.4, -0.2) is 27.3 Å². The number of nitrogens with zero attached hydrogens (tertiary/aromatic N) is 1. The summed E-state index contributed by atoms with van der Waals surface area (Å²) in [4.78, 5) is 13.6. The SMILES string of the molecule is CC(O)C(=O)O.Cc1cccc(C)n1.[Ag]. The van der Waals surface area contributed by atoms with Crippen LogP contribution in [0, 0.1) is 13.8 Å². The van der Waals surface area contributed by atoms with Crippen molar-refractivity contribution in [3.05, 3.63) is 29.6 Å². The minimum atomic E-state index is -1.23. The zero-order valence-corrected chi connectivity index (χ0v) is 10.3. The number of pyridine rings is 1. The van der Waals surface area contributed by atoms with Gasteiger partial charge in [-0.15, -0.1) is 0 Å². The first kappa shape index (κ1) is 16.7. The van der Waals surface area contributed by atoms with E-state index in [-0.39, 0.29) is 22.4 Å². The molecule has 0 saturated carbocycles. The van der Waals surface area contributed by atoms with Gasteiger partial charge in [0.2, 0.25) is 0 Å². The summed E-state index contributed by atoms with van der Waals surface area (Å²) in [7, 11) is 0. The maximum atomic E-state index is 9.45. The van der Waals surface area contributed by atoms with Gasteiger partial charge in [0.15, 0.2) is 0 Å². The Kier molecular flexibility index (Phi) is 9.61. The largest absolute Gasteiger partial charge is 0.479 e. The number of carbonyl (C=O) groups is 1. The van der Waals surface area contributed by atoms with Gasteiger partial charge < -0.3 is 10.2 Å². The van der Waals surface area contributed by atoms with Crippen molar-refractivity contribution >= 4 is 5.97 Å². The van der Waals surface area contributed by atoms with Crippen LogP contribution in [0.15, 0.2) is 18.2 Å². The Morgan fingerprint density at radius 2 is 1.67 bits per heavy atom. The zero-order chi connectivity index (χ0) is 11.1. The summed E-state index contributed by atoms with van der Waals surface area (Å²) in [5.41, 5.74) is 2.18. The fraction of sp³-hybridized carbons (Fsp3) is 0.400. The normalized spacial score (nSPS) is 10.4. The van der Waals surface area contributed by atoms with Crippen molar-refractivity contribution in [1.29, 1.82) is 0 Å². The molecule has 0 bridgehead atoms. The van der Waals surface area contributed by atoms with Gasteiger partial charge in [0.1, 0.15) is 6.10 Å². The van der Waals surface area contributed by atoms with Crippen LogP contribution in [0.25, 0.3) is 0 Å². The van der Waals surface area contributed by atoms with Gasteiger partial charge >= 0.3 is 5.97 Å². The molecular weight excluding hydrogens is 290 g/mol. The molecule has 15 heavy (non-hydrogen) atoms. The van der Waals surface area contributed by atoms with Crippen molar-refractivity contribution in [2.45, 2.75) is 26.9 Å². The van der Waals surface area contributed by atoms with Crippen molar-refractivity contribution in [2.75, 3.05) is 0 Å². The van der Waals surface area contributed by atoms with E-state index >= 15 is 0 Å². The van der Waals surface area contributed by atoms with Crippen LogP contribution in [0.3, 0.4) is 0 Å². The number of aliphatic hydroxyl groups is 1. The van der Waals surface area contributed by atoms with E-state index in [9.17, 15) is 4.79 Å². The number of aryl methyl sites for hydroxylation is 2. The summed E-state index contributed by atoms with van der Waals surface area (Å²) in [6.07, 6.45) is -1.23. The number of aliphatic carboxylic acids is 1. The van der Waals surface area contributed by atoms with Crippen LogP contribution >= 0.6 is 0 Å². The number of hydrogen-bond donors (Lipinski definition) is 2. The Bertz CT molecular complexity index is 285. The van der Waals surface area contributed by atoms with Crippen LogP contribution < -0.4 is 0 Å². The molecule has 1 unspecified atom stereocenters. The monoisotopic (exact) mass is 304 g/mol. The Hall–Kier alpha value is -0.680. The first-order chi connectivity index (χ1) is 6.43. The van der Waals surface area contributed by atoms with E-state index in [1.807, 2.05) is 32.0 Å². The molecule has 4 nitrogen and oxygen atoms in total. The third-order valence-corrected chi connectivity index (χ3v) is 1.38. The van der Waals surface area contributed by atoms with Crippen molar-refractivity contribution in [3.8, 4) is 0 Å². The molecule has 0 spiro atoms. The van der Waals surface area contributed by atoms with Crippen LogP contribution in [0.4, 0.5) is 0 Å². The van der Waals surface area contributed by atoms with Crippen molar-refractivity contribution in [2.24, 2.45) is 0 Å². The fourth-order valence-electron chi connectivity index (χ4n) is 0.679. The summed E-state index contributed by atoms with van der Waals surface area (Å²) in [5.74, 6) is -1.19. The maximum absolute atomic E-state index is 9.45. The molecule has 1 heterocycles. The molecule has 1 rings (SSSR count). The molecule has 89 valence electrons. The standard InChI is InChI=1S/C7H9N.C3H6O3.Ag/c1-6-4-3-5-7(2)8-6;1-2(4)3(5)6;/h3-5H,1-2H3;2,4H,1H3,(H,5,6);. The smallest absolute Gasteiger partial charge is 0.332 e. The van der Waals surface area contributed by atoms with Gasteiger partial charge in [-0.1, -0.05) is 6.07 Å². The number of carboxylic acid groups (broad SMARTS) is 1. The van der Waals surface area contributed by atoms with E-state index in [1.165, 1.54) is 6.92 Å². The Morgan fingerprint density at radius 3 is 1.80 bits per heavy atom. The maximum Gasteiger partial charge on any atom is 0.332 e. The Labute approximate surface area is 105 Å². The Balaban J connectivity index is 0. The predicted octanol–water partition coefficient (Wildman–Crippen LogP) is 1.15. The van der Waals surface area contributed by atoms with Crippen molar-refractivity contribution in [3.63, 3.8) is 0 Å². The summed E-state index contributed by atoms with van der Waals surface area (Å²) >= 11 is 0. The first-order valence-corrected chi connectivity index (χ1v) is 4.24. The van der Waals surface area contributed by atoms with Crippen molar-refractivity contribution in [1.82, 2.24) is 4.98 Å². The van der Waals surface area contributed by atoms with Gasteiger partial charge in [-0.25, -0.2) is 4.79 Å². The van der Waals surface area contributed by atoms with Crippen LogP contribution in [-0.2, 0) is 27.2 Å². The molecule has 1 atom stereocenters. The minimum Gasteiger partial charge on any atom is -0.479 e. The molecule has 0 aromatic carbocycles. The van der Waals surface area contributed by atoms with E-state index in [0.717, 1.165) is 11.4 Å². The number of hydrogen-bond acceptors (Lipinski definition) is 3. The number of carboxylic acids is 1. The predicted molar refractivity (Wildman–Crippen MR) is 53.0 cm³/mol. The van der Waals surface area contributed by atoms with Crippen LogP contribution in [0.1, 0.15) is 18.3 Å². The summed E-state index contributed by atoms with van der Waals surface area (Å²) in [6, 6.07) is 6.00. The summed E-state index contributed by atoms with van der Waals surface area (Å²) in [6.45, 7) is 5.18. The van der Waals surface area contributed by atoms with Gasteiger partial charge in [0.25, 0.3) is 0 Å². The summed E-state index contributed by atoms with van der Waals surface area (Å²) in [5, 5.41) is 15.8. The number of aliphatic hydroxyl groups excluding tert-OH is 1. The molecule has 5 heteroatoms. The molecule has 0 amide bonds. The minimum absolute atomic E-state index is 0. The third kappa shape index (κ3) is 9.62. The van der Waals surface area contributed by atoms with E-state index < -0.39 is 12.1 Å². The molecule has 0 aliphatic carbocycles. The topological polar surface area (TPSA) is 70.4 Å². The summed E-state index contributed by atoms with van der Waals surface area (Å²) < 4.78 is 0. The van der Waals surface area contributed by atoms with E-state index in [1.54, 1.807) is 0 Å². The second-order valence-electron chi connectivity index (χ2n) is 2.93. The average molecular weight is 305 g/mol. The number of rotatable bonds is 1. The second-order valence-corrected chi connectivity index (χ2v) is 2.93. The first-order valence-electron chi connectivity index (χ1n) is 4.24. The van der Waals surface area contributed by atoms with E-state index in [2.05, 4.69) is 4.98 Å². The van der Waals surface area contributed by atoms with Gasteiger partial charge in [-0.3, -0.25) is 4.98 Å². The molecule has 0 aliphatic heterocycles. The third-order valence-electron chi connectivity index (χ3n) is 1.38. The Morgan fingerprint density at radius 1 is 1.33 bits per heavy atom.